The zero-order chi connectivity index (χ0) is 11.8. The van der Waals surface area contributed by atoms with Crippen LogP contribution in [0.5, 0.6) is 0 Å². The molecular formula is C12H22N2OS. The molecule has 3 nitrogen and oxygen atoms in total. The minimum Gasteiger partial charge on any atom is -0.380 e. The van der Waals surface area contributed by atoms with Crippen LogP contribution in [-0.4, -0.2) is 30.8 Å². The lowest BCUT2D eigenvalue weighted by molar-refractivity contribution is 0.0616. The van der Waals surface area contributed by atoms with Gasteiger partial charge in [0, 0.05) is 30.6 Å². The number of aromatic nitrogens is 1. The third-order valence-electron chi connectivity index (χ3n) is 2.70. The number of likely N-dealkylation sites (N-methyl/N-ethyl adjacent to an activating group) is 1. The van der Waals surface area contributed by atoms with Gasteiger partial charge in [0.1, 0.15) is 0 Å². The Labute approximate surface area is 102 Å². The standard InChI is InChI=1S/C12H22N2OS/c1-4-6-12(15-3)11(14-5-2)7-10-8-13-9-16-10/h8-9,11-12,14H,4-7H2,1-3H3. The fraction of sp³-hybridized carbons (Fsp3) is 0.750. The Kier molecular flexibility index (Phi) is 6.61. The summed E-state index contributed by atoms with van der Waals surface area (Å²) < 4.78 is 5.58. The minimum absolute atomic E-state index is 0.298. The molecule has 1 N–H and O–H groups in total. The van der Waals surface area contributed by atoms with Crippen molar-refractivity contribution in [2.75, 3.05) is 13.7 Å². The van der Waals surface area contributed by atoms with E-state index in [0.717, 1.165) is 25.8 Å². The van der Waals surface area contributed by atoms with Gasteiger partial charge in [-0.3, -0.25) is 4.98 Å². The van der Waals surface area contributed by atoms with Crippen LogP contribution in [0, 0.1) is 0 Å². The Morgan fingerprint density at radius 1 is 1.50 bits per heavy atom. The quantitative estimate of drug-likeness (QED) is 0.760. The molecule has 0 aliphatic rings. The van der Waals surface area contributed by atoms with Crippen LogP contribution in [0.25, 0.3) is 0 Å². The Morgan fingerprint density at radius 2 is 2.31 bits per heavy atom. The molecule has 0 aliphatic carbocycles. The lowest BCUT2D eigenvalue weighted by Crippen LogP contribution is -2.42. The van der Waals surface area contributed by atoms with Crippen molar-refractivity contribution in [3.63, 3.8) is 0 Å². The first-order valence-electron chi connectivity index (χ1n) is 5.95. The van der Waals surface area contributed by atoms with E-state index >= 15 is 0 Å². The van der Waals surface area contributed by atoms with E-state index in [-0.39, 0.29) is 0 Å². The number of methoxy groups -OCH3 is 1. The van der Waals surface area contributed by atoms with Gasteiger partial charge in [0.2, 0.25) is 0 Å². The van der Waals surface area contributed by atoms with Crippen molar-refractivity contribution in [2.45, 2.75) is 45.3 Å². The summed E-state index contributed by atoms with van der Waals surface area (Å²) in [5.74, 6) is 0. The molecule has 0 aromatic carbocycles. The first kappa shape index (κ1) is 13.6. The topological polar surface area (TPSA) is 34.1 Å². The van der Waals surface area contributed by atoms with E-state index in [2.05, 4.69) is 24.1 Å². The van der Waals surface area contributed by atoms with Gasteiger partial charge in [0.15, 0.2) is 0 Å². The Bertz CT molecular complexity index is 264. The maximum absolute atomic E-state index is 5.58. The summed E-state index contributed by atoms with van der Waals surface area (Å²) in [6.45, 7) is 5.31. The summed E-state index contributed by atoms with van der Waals surface area (Å²) in [4.78, 5) is 5.44. The van der Waals surface area contributed by atoms with E-state index in [1.54, 1.807) is 18.4 Å². The minimum atomic E-state index is 0.298. The number of nitrogens with zero attached hydrogens (tertiary/aromatic N) is 1. The molecule has 0 fully saturated rings. The largest absolute Gasteiger partial charge is 0.380 e. The number of rotatable bonds is 8. The number of hydrogen-bond donors (Lipinski definition) is 1. The lowest BCUT2D eigenvalue weighted by atomic mass is 10.0. The average Bonchev–Trinajstić information content (AvgIpc) is 2.78. The van der Waals surface area contributed by atoms with Crippen molar-refractivity contribution in [1.29, 1.82) is 0 Å². The molecule has 0 aliphatic heterocycles. The Hall–Kier alpha value is -0.450. The van der Waals surface area contributed by atoms with E-state index in [1.807, 2.05) is 11.7 Å². The molecular weight excluding hydrogens is 220 g/mol. The SMILES string of the molecule is CCCC(OC)C(Cc1cncs1)NCC. The van der Waals surface area contributed by atoms with Crippen LogP contribution in [0.2, 0.25) is 0 Å². The maximum Gasteiger partial charge on any atom is 0.0794 e. The summed E-state index contributed by atoms with van der Waals surface area (Å²) in [7, 11) is 1.80. The molecule has 0 saturated heterocycles. The highest BCUT2D eigenvalue weighted by molar-refractivity contribution is 7.09. The highest BCUT2D eigenvalue weighted by atomic mass is 32.1. The number of hydrogen-bond acceptors (Lipinski definition) is 4. The lowest BCUT2D eigenvalue weighted by Gasteiger charge is -2.26. The number of thiazole rings is 1. The maximum atomic E-state index is 5.58. The van der Waals surface area contributed by atoms with Gasteiger partial charge in [-0.1, -0.05) is 20.3 Å². The zero-order valence-corrected chi connectivity index (χ0v) is 11.2. The zero-order valence-electron chi connectivity index (χ0n) is 10.4. The van der Waals surface area contributed by atoms with Crippen molar-refractivity contribution < 1.29 is 4.74 Å². The van der Waals surface area contributed by atoms with E-state index in [0.29, 0.717) is 12.1 Å². The van der Waals surface area contributed by atoms with Gasteiger partial charge in [-0.25, -0.2) is 0 Å². The fourth-order valence-electron chi connectivity index (χ4n) is 1.92. The summed E-state index contributed by atoms with van der Waals surface area (Å²) in [6, 6.07) is 0.399. The van der Waals surface area contributed by atoms with Gasteiger partial charge >= 0.3 is 0 Å². The van der Waals surface area contributed by atoms with Gasteiger partial charge in [-0.05, 0) is 13.0 Å². The summed E-state index contributed by atoms with van der Waals surface area (Å²) in [5, 5.41) is 3.51. The molecule has 1 aromatic rings. The van der Waals surface area contributed by atoms with E-state index in [1.165, 1.54) is 4.88 Å². The third kappa shape index (κ3) is 4.20. The van der Waals surface area contributed by atoms with Gasteiger partial charge in [-0.2, -0.15) is 0 Å². The monoisotopic (exact) mass is 242 g/mol. The molecule has 92 valence electrons. The van der Waals surface area contributed by atoms with Crippen LogP contribution < -0.4 is 5.32 Å². The molecule has 1 heterocycles. The smallest absolute Gasteiger partial charge is 0.0794 e. The van der Waals surface area contributed by atoms with Crippen LogP contribution in [0.4, 0.5) is 0 Å². The molecule has 4 heteroatoms. The van der Waals surface area contributed by atoms with E-state index < -0.39 is 0 Å². The molecule has 2 atom stereocenters. The molecule has 0 bridgehead atoms. The Balaban J connectivity index is 2.57. The Morgan fingerprint density at radius 3 is 2.81 bits per heavy atom. The van der Waals surface area contributed by atoms with Crippen molar-refractivity contribution in [3.8, 4) is 0 Å². The summed E-state index contributed by atoms with van der Waals surface area (Å²) >= 11 is 1.72. The van der Waals surface area contributed by atoms with Crippen molar-refractivity contribution >= 4 is 11.3 Å². The highest BCUT2D eigenvalue weighted by Gasteiger charge is 2.20. The normalized spacial score (nSPS) is 14.9. The van der Waals surface area contributed by atoms with Gasteiger partial charge < -0.3 is 10.1 Å². The van der Waals surface area contributed by atoms with Crippen LogP contribution >= 0.6 is 11.3 Å². The number of nitrogens with one attached hydrogen (secondary N) is 1. The molecule has 16 heavy (non-hydrogen) atoms. The van der Waals surface area contributed by atoms with E-state index in [4.69, 9.17) is 4.74 Å². The van der Waals surface area contributed by atoms with Crippen molar-refractivity contribution in [3.05, 3.63) is 16.6 Å². The third-order valence-corrected chi connectivity index (χ3v) is 3.50. The molecule has 0 saturated carbocycles. The molecule has 0 amide bonds. The van der Waals surface area contributed by atoms with Crippen LogP contribution in [-0.2, 0) is 11.2 Å². The van der Waals surface area contributed by atoms with E-state index in [9.17, 15) is 0 Å². The molecule has 1 aromatic heterocycles. The second kappa shape index (κ2) is 7.76. The van der Waals surface area contributed by atoms with Crippen LogP contribution in [0.3, 0.4) is 0 Å². The molecule has 1 rings (SSSR count). The van der Waals surface area contributed by atoms with Crippen LogP contribution in [0.1, 0.15) is 31.6 Å². The highest BCUT2D eigenvalue weighted by Crippen LogP contribution is 2.15. The van der Waals surface area contributed by atoms with Gasteiger partial charge in [-0.15, -0.1) is 11.3 Å². The van der Waals surface area contributed by atoms with Crippen molar-refractivity contribution in [1.82, 2.24) is 10.3 Å². The average molecular weight is 242 g/mol. The summed E-state index contributed by atoms with van der Waals surface area (Å²) in [6.07, 6.45) is 5.52. The second-order valence-corrected chi connectivity index (χ2v) is 4.87. The second-order valence-electron chi connectivity index (χ2n) is 3.90. The van der Waals surface area contributed by atoms with Gasteiger partial charge in [0.05, 0.1) is 11.6 Å². The van der Waals surface area contributed by atoms with Gasteiger partial charge in [0.25, 0.3) is 0 Å². The summed E-state index contributed by atoms with van der Waals surface area (Å²) in [5.41, 5.74) is 1.89. The fourth-order valence-corrected chi connectivity index (χ4v) is 2.58. The number of ether oxygens (including phenoxy) is 1. The predicted octanol–water partition coefficient (Wildman–Crippen LogP) is 2.48. The molecule has 0 spiro atoms. The molecule has 2 unspecified atom stereocenters. The predicted molar refractivity (Wildman–Crippen MR) is 69.0 cm³/mol. The van der Waals surface area contributed by atoms with Crippen LogP contribution in [0.15, 0.2) is 11.7 Å². The molecule has 0 radical (unpaired) electrons. The first-order chi connectivity index (χ1) is 7.81. The first-order valence-corrected chi connectivity index (χ1v) is 6.83. The van der Waals surface area contributed by atoms with Crippen molar-refractivity contribution in [2.24, 2.45) is 0 Å².